The standard InChI is InChI=1S/C7H10N4O4/c8-11-9-2-4-15-7(13)10-5-1-3-14-6(5)12/h5H,1-4H2,(H,10,13). The second-order valence-corrected chi connectivity index (χ2v) is 2.74. The summed E-state index contributed by atoms with van der Waals surface area (Å²) in [5, 5.41) is 5.51. The van der Waals surface area contributed by atoms with E-state index < -0.39 is 18.1 Å². The summed E-state index contributed by atoms with van der Waals surface area (Å²) in [7, 11) is 0. The van der Waals surface area contributed by atoms with E-state index in [-0.39, 0.29) is 13.2 Å². The summed E-state index contributed by atoms with van der Waals surface area (Å²) >= 11 is 0. The first-order valence-corrected chi connectivity index (χ1v) is 4.35. The summed E-state index contributed by atoms with van der Waals surface area (Å²) < 4.78 is 9.27. The number of amides is 1. The summed E-state index contributed by atoms with van der Waals surface area (Å²) in [6, 6.07) is -0.628. The second kappa shape index (κ2) is 5.71. The van der Waals surface area contributed by atoms with Crippen molar-refractivity contribution in [2.75, 3.05) is 19.8 Å². The van der Waals surface area contributed by atoms with Crippen LogP contribution in [0.2, 0.25) is 0 Å². The second-order valence-electron chi connectivity index (χ2n) is 2.74. The highest BCUT2D eigenvalue weighted by Gasteiger charge is 2.28. The van der Waals surface area contributed by atoms with Gasteiger partial charge in [0, 0.05) is 11.3 Å². The molecule has 1 heterocycles. The van der Waals surface area contributed by atoms with Crippen molar-refractivity contribution >= 4 is 12.1 Å². The van der Waals surface area contributed by atoms with Crippen LogP contribution in [0.15, 0.2) is 5.11 Å². The molecule has 1 amide bonds. The normalized spacial score (nSPS) is 18.9. The van der Waals surface area contributed by atoms with Crippen molar-refractivity contribution < 1.29 is 19.1 Å². The molecule has 0 spiro atoms. The minimum Gasteiger partial charge on any atom is -0.464 e. The van der Waals surface area contributed by atoms with Gasteiger partial charge in [-0.3, -0.25) is 0 Å². The van der Waals surface area contributed by atoms with Crippen LogP contribution in [0, 0.1) is 0 Å². The van der Waals surface area contributed by atoms with Gasteiger partial charge in [-0.15, -0.1) is 0 Å². The van der Waals surface area contributed by atoms with Gasteiger partial charge in [-0.05, 0) is 5.53 Å². The average Bonchev–Trinajstić information content (AvgIpc) is 2.59. The highest BCUT2D eigenvalue weighted by atomic mass is 16.6. The highest BCUT2D eigenvalue weighted by molar-refractivity contribution is 5.82. The topological polar surface area (TPSA) is 113 Å². The number of hydrogen-bond donors (Lipinski definition) is 1. The number of rotatable bonds is 4. The molecule has 0 aliphatic carbocycles. The average molecular weight is 214 g/mol. The van der Waals surface area contributed by atoms with E-state index >= 15 is 0 Å². The molecule has 8 heteroatoms. The molecule has 0 aromatic heterocycles. The fraction of sp³-hybridized carbons (Fsp3) is 0.714. The lowest BCUT2D eigenvalue weighted by atomic mass is 10.2. The van der Waals surface area contributed by atoms with Crippen molar-refractivity contribution in [1.82, 2.24) is 5.32 Å². The molecule has 1 fully saturated rings. The Morgan fingerprint density at radius 1 is 1.80 bits per heavy atom. The molecular weight excluding hydrogens is 204 g/mol. The Hall–Kier alpha value is -1.95. The van der Waals surface area contributed by atoms with Gasteiger partial charge in [0.25, 0.3) is 0 Å². The number of ether oxygens (including phenoxy) is 2. The Bertz CT molecular complexity index is 299. The molecule has 82 valence electrons. The van der Waals surface area contributed by atoms with Gasteiger partial charge in [0.15, 0.2) is 0 Å². The van der Waals surface area contributed by atoms with E-state index in [1.165, 1.54) is 0 Å². The molecule has 0 aromatic rings. The molecule has 1 saturated heterocycles. The molecule has 15 heavy (non-hydrogen) atoms. The predicted octanol–water partition coefficient (Wildman–Crippen LogP) is 0.338. The number of hydrogen-bond acceptors (Lipinski definition) is 5. The number of carbonyl (C=O) groups excluding carboxylic acids is 2. The number of cyclic esters (lactones) is 1. The van der Waals surface area contributed by atoms with Crippen molar-refractivity contribution in [2.45, 2.75) is 12.5 Å². The van der Waals surface area contributed by atoms with Gasteiger partial charge in [0.1, 0.15) is 6.04 Å². The van der Waals surface area contributed by atoms with Crippen LogP contribution < -0.4 is 5.32 Å². The third-order valence-corrected chi connectivity index (χ3v) is 1.72. The number of carbonyl (C=O) groups is 2. The third kappa shape index (κ3) is 3.74. The van der Waals surface area contributed by atoms with Crippen LogP contribution in [0.1, 0.15) is 6.42 Å². The molecule has 1 atom stereocenters. The lowest BCUT2D eigenvalue weighted by Crippen LogP contribution is -2.38. The molecule has 1 N–H and O–H groups in total. The number of nitrogens with zero attached hydrogens (tertiary/aromatic N) is 3. The zero-order chi connectivity index (χ0) is 11.1. The van der Waals surface area contributed by atoms with Crippen LogP contribution in [0.4, 0.5) is 4.79 Å². The van der Waals surface area contributed by atoms with E-state index in [1.54, 1.807) is 0 Å². The van der Waals surface area contributed by atoms with Crippen LogP contribution in [0.25, 0.3) is 10.4 Å². The first-order chi connectivity index (χ1) is 7.24. The van der Waals surface area contributed by atoms with Crippen LogP contribution in [0.5, 0.6) is 0 Å². The Morgan fingerprint density at radius 2 is 2.60 bits per heavy atom. The largest absolute Gasteiger partial charge is 0.464 e. The lowest BCUT2D eigenvalue weighted by Gasteiger charge is -2.08. The molecule has 1 aliphatic rings. The van der Waals surface area contributed by atoms with Crippen LogP contribution in [0.3, 0.4) is 0 Å². The Kier molecular flexibility index (Phi) is 4.24. The zero-order valence-electron chi connectivity index (χ0n) is 7.88. The van der Waals surface area contributed by atoms with E-state index in [9.17, 15) is 9.59 Å². The Morgan fingerprint density at radius 3 is 3.20 bits per heavy atom. The molecule has 0 radical (unpaired) electrons. The molecule has 1 rings (SSSR count). The molecule has 0 aromatic carbocycles. The first-order valence-electron chi connectivity index (χ1n) is 4.35. The van der Waals surface area contributed by atoms with Crippen LogP contribution >= 0.6 is 0 Å². The van der Waals surface area contributed by atoms with Gasteiger partial charge in [0.05, 0.1) is 19.8 Å². The summed E-state index contributed by atoms with van der Waals surface area (Å²) in [6.07, 6.45) is -0.267. The maximum absolute atomic E-state index is 11.0. The molecular formula is C7H10N4O4. The van der Waals surface area contributed by atoms with E-state index in [1.807, 2.05) is 0 Å². The molecule has 0 saturated carbocycles. The van der Waals surface area contributed by atoms with Crippen molar-refractivity contribution in [3.05, 3.63) is 10.4 Å². The quantitative estimate of drug-likeness (QED) is 0.239. The molecule has 1 unspecified atom stereocenters. The SMILES string of the molecule is [N-]=[N+]=NCCOC(=O)NC1CCOC1=O. The van der Waals surface area contributed by atoms with Gasteiger partial charge in [-0.2, -0.15) is 0 Å². The summed E-state index contributed by atoms with van der Waals surface area (Å²) in [6.45, 7) is 0.360. The van der Waals surface area contributed by atoms with E-state index in [4.69, 9.17) is 5.53 Å². The molecule has 1 aliphatic heterocycles. The van der Waals surface area contributed by atoms with Crippen molar-refractivity contribution in [1.29, 1.82) is 0 Å². The van der Waals surface area contributed by atoms with E-state index in [0.29, 0.717) is 13.0 Å². The number of nitrogens with one attached hydrogen (secondary N) is 1. The smallest absolute Gasteiger partial charge is 0.407 e. The monoisotopic (exact) mass is 214 g/mol. The van der Waals surface area contributed by atoms with Gasteiger partial charge in [0.2, 0.25) is 0 Å². The number of esters is 1. The minimum atomic E-state index is -0.716. The van der Waals surface area contributed by atoms with Crippen molar-refractivity contribution in [3.63, 3.8) is 0 Å². The Labute approximate surface area is 85.2 Å². The molecule has 8 nitrogen and oxygen atoms in total. The number of alkyl carbamates (subject to hydrolysis) is 1. The Balaban J connectivity index is 2.18. The molecule has 0 bridgehead atoms. The van der Waals surface area contributed by atoms with Crippen molar-refractivity contribution in [2.24, 2.45) is 5.11 Å². The predicted molar refractivity (Wildman–Crippen MR) is 47.9 cm³/mol. The van der Waals surface area contributed by atoms with Crippen molar-refractivity contribution in [3.8, 4) is 0 Å². The van der Waals surface area contributed by atoms with Gasteiger partial charge in [-0.25, -0.2) is 9.59 Å². The van der Waals surface area contributed by atoms with Gasteiger partial charge >= 0.3 is 12.1 Å². The third-order valence-electron chi connectivity index (χ3n) is 1.72. The highest BCUT2D eigenvalue weighted by Crippen LogP contribution is 2.05. The minimum absolute atomic E-state index is 0.0162. The fourth-order valence-electron chi connectivity index (χ4n) is 1.03. The van der Waals surface area contributed by atoms with E-state index in [0.717, 1.165) is 0 Å². The summed E-state index contributed by atoms with van der Waals surface area (Å²) in [5.74, 6) is -0.456. The fourth-order valence-corrected chi connectivity index (χ4v) is 1.03. The van der Waals surface area contributed by atoms with Crippen LogP contribution in [-0.2, 0) is 14.3 Å². The summed E-state index contributed by atoms with van der Waals surface area (Å²) in [5.41, 5.74) is 7.94. The first kappa shape index (κ1) is 11.1. The number of azide groups is 1. The zero-order valence-corrected chi connectivity index (χ0v) is 7.88. The van der Waals surface area contributed by atoms with E-state index in [2.05, 4.69) is 24.8 Å². The van der Waals surface area contributed by atoms with Crippen LogP contribution in [-0.4, -0.2) is 37.9 Å². The van der Waals surface area contributed by atoms with Gasteiger partial charge in [-0.1, -0.05) is 5.11 Å². The maximum atomic E-state index is 11.0. The summed E-state index contributed by atoms with van der Waals surface area (Å²) in [4.78, 5) is 24.4. The maximum Gasteiger partial charge on any atom is 0.407 e. The lowest BCUT2D eigenvalue weighted by molar-refractivity contribution is -0.139. The van der Waals surface area contributed by atoms with Gasteiger partial charge < -0.3 is 14.8 Å².